The van der Waals surface area contributed by atoms with E-state index in [2.05, 4.69) is 9.97 Å². The predicted octanol–water partition coefficient (Wildman–Crippen LogP) is 5.24. The molecule has 2 heterocycles. The van der Waals surface area contributed by atoms with Crippen LogP contribution in [0.4, 0.5) is 13.2 Å². The van der Waals surface area contributed by atoms with Crippen molar-refractivity contribution in [2.45, 2.75) is 12.7 Å². The first kappa shape index (κ1) is 18.6. The Morgan fingerprint density at radius 2 is 1.86 bits per heavy atom. The number of hydrogen-bond acceptors (Lipinski definition) is 4. The average Bonchev–Trinajstić information content (AvgIpc) is 3.12. The Bertz CT molecular complexity index is 1220. The number of rotatable bonds is 3. The van der Waals surface area contributed by atoms with Gasteiger partial charge in [0.05, 0.1) is 35.0 Å². The molecule has 0 unspecified atom stereocenters. The van der Waals surface area contributed by atoms with Crippen LogP contribution in [0.15, 0.2) is 59.0 Å². The Morgan fingerprint density at radius 1 is 1.11 bits per heavy atom. The summed E-state index contributed by atoms with van der Waals surface area (Å²) in [6.45, 7) is 0.200. The number of alkyl halides is 3. The van der Waals surface area contributed by atoms with Crippen LogP contribution in [0.1, 0.15) is 11.3 Å². The fraction of sp³-hybridized carbons (Fsp3) is 0.105. The van der Waals surface area contributed by atoms with Gasteiger partial charge in [0, 0.05) is 16.0 Å². The number of aromatic nitrogens is 3. The molecule has 0 N–H and O–H groups in total. The molecule has 0 saturated heterocycles. The third-order valence-corrected chi connectivity index (χ3v) is 5.30. The van der Waals surface area contributed by atoms with Crippen LogP contribution in [0.2, 0.25) is 5.02 Å². The second-order valence-corrected chi connectivity index (χ2v) is 7.35. The van der Waals surface area contributed by atoms with Crippen molar-refractivity contribution in [2.75, 3.05) is 0 Å². The zero-order valence-corrected chi connectivity index (χ0v) is 15.6. The molecule has 0 bridgehead atoms. The first-order valence-electron chi connectivity index (χ1n) is 8.08. The molecule has 0 aliphatic heterocycles. The third-order valence-electron chi connectivity index (χ3n) is 4.13. The Morgan fingerprint density at radius 3 is 2.57 bits per heavy atom. The van der Waals surface area contributed by atoms with Gasteiger partial charge in [0.1, 0.15) is 5.01 Å². The van der Waals surface area contributed by atoms with Gasteiger partial charge in [0.25, 0.3) is 5.56 Å². The van der Waals surface area contributed by atoms with Gasteiger partial charge in [-0.3, -0.25) is 9.36 Å². The van der Waals surface area contributed by atoms with Crippen LogP contribution in [-0.2, 0) is 12.7 Å². The standard InChI is InChI=1S/C19H11ClF3N3OS/c20-13-5-6-16-15(7-13)18(27)26(10-24-16)8-14-9-28-17(25-14)11-1-3-12(4-2-11)19(21,22)23/h1-7,9-10H,8H2. The largest absolute Gasteiger partial charge is 0.416 e. The molecule has 0 amide bonds. The van der Waals surface area contributed by atoms with Crippen molar-refractivity contribution in [2.24, 2.45) is 0 Å². The van der Waals surface area contributed by atoms with Crippen LogP contribution in [0.5, 0.6) is 0 Å². The molecule has 4 aromatic rings. The molecular weight excluding hydrogens is 411 g/mol. The van der Waals surface area contributed by atoms with Gasteiger partial charge in [-0.05, 0) is 30.3 Å². The van der Waals surface area contributed by atoms with Gasteiger partial charge in [0.15, 0.2) is 0 Å². The van der Waals surface area contributed by atoms with Crippen LogP contribution in [0, 0.1) is 0 Å². The van der Waals surface area contributed by atoms with E-state index in [-0.39, 0.29) is 12.1 Å². The molecule has 0 fully saturated rings. The molecule has 0 radical (unpaired) electrons. The molecule has 9 heteroatoms. The minimum atomic E-state index is -4.38. The number of benzene rings is 2. The normalized spacial score (nSPS) is 11.9. The minimum absolute atomic E-state index is 0.200. The van der Waals surface area contributed by atoms with Crippen molar-refractivity contribution in [1.29, 1.82) is 0 Å². The third kappa shape index (κ3) is 3.65. The smallest absolute Gasteiger partial charge is 0.293 e. The lowest BCUT2D eigenvalue weighted by molar-refractivity contribution is -0.137. The molecule has 2 aromatic heterocycles. The second-order valence-electron chi connectivity index (χ2n) is 6.06. The summed E-state index contributed by atoms with van der Waals surface area (Å²) in [5.74, 6) is 0. The van der Waals surface area contributed by atoms with Gasteiger partial charge < -0.3 is 0 Å². The fourth-order valence-electron chi connectivity index (χ4n) is 2.73. The lowest BCUT2D eigenvalue weighted by Gasteiger charge is -2.06. The van der Waals surface area contributed by atoms with E-state index in [0.717, 1.165) is 12.1 Å². The zero-order valence-electron chi connectivity index (χ0n) is 14.1. The maximum absolute atomic E-state index is 12.7. The van der Waals surface area contributed by atoms with Crippen molar-refractivity contribution >= 4 is 33.8 Å². The van der Waals surface area contributed by atoms with Crippen LogP contribution >= 0.6 is 22.9 Å². The van der Waals surface area contributed by atoms with Gasteiger partial charge in [-0.15, -0.1) is 11.3 Å². The van der Waals surface area contributed by atoms with E-state index >= 15 is 0 Å². The molecule has 4 rings (SSSR count). The highest BCUT2D eigenvalue weighted by Crippen LogP contribution is 2.31. The second kappa shape index (κ2) is 7.03. The van der Waals surface area contributed by atoms with Crippen molar-refractivity contribution in [1.82, 2.24) is 14.5 Å². The molecular formula is C19H11ClF3N3OS. The van der Waals surface area contributed by atoms with Gasteiger partial charge >= 0.3 is 6.18 Å². The number of halogens is 4. The summed E-state index contributed by atoms with van der Waals surface area (Å²) in [5.41, 5.74) is 0.802. The molecule has 0 aliphatic rings. The van der Waals surface area contributed by atoms with Crippen LogP contribution in [-0.4, -0.2) is 14.5 Å². The molecule has 0 atom stereocenters. The highest BCUT2D eigenvalue weighted by Gasteiger charge is 2.30. The molecule has 0 spiro atoms. The molecule has 2 aromatic carbocycles. The van der Waals surface area contributed by atoms with Gasteiger partial charge in [-0.1, -0.05) is 23.7 Å². The monoisotopic (exact) mass is 421 g/mol. The lowest BCUT2D eigenvalue weighted by Crippen LogP contribution is -2.21. The van der Waals surface area contributed by atoms with Crippen molar-refractivity contribution in [3.05, 3.63) is 80.8 Å². The highest BCUT2D eigenvalue weighted by molar-refractivity contribution is 7.13. The predicted molar refractivity (Wildman–Crippen MR) is 103 cm³/mol. The SMILES string of the molecule is O=c1c2cc(Cl)ccc2ncn1Cc1csc(-c2ccc(C(F)(F)F)cc2)n1. The highest BCUT2D eigenvalue weighted by atomic mass is 35.5. The summed E-state index contributed by atoms with van der Waals surface area (Å²) in [4.78, 5) is 21.3. The maximum Gasteiger partial charge on any atom is 0.416 e. The Labute approximate surface area is 165 Å². The van der Waals surface area contributed by atoms with Gasteiger partial charge in [-0.25, -0.2) is 9.97 Å². The number of hydrogen-bond donors (Lipinski definition) is 0. The van der Waals surface area contributed by atoms with Crippen LogP contribution < -0.4 is 5.56 Å². The maximum atomic E-state index is 12.7. The molecule has 4 nitrogen and oxygen atoms in total. The number of nitrogens with zero attached hydrogens (tertiary/aromatic N) is 3. The minimum Gasteiger partial charge on any atom is -0.293 e. The Kier molecular flexibility index (Phi) is 4.68. The topological polar surface area (TPSA) is 47.8 Å². The number of fused-ring (bicyclic) bond motifs is 1. The Balaban J connectivity index is 1.61. The van der Waals surface area contributed by atoms with Crippen molar-refractivity contribution < 1.29 is 13.2 Å². The van der Waals surface area contributed by atoms with Crippen molar-refractivity contribution in [3.63, 3.8) is 0 Å². The summed E-state index contributed by atoms with van der Waals surface area (Å²) < 4.78 is 39.5. The van der Waals surface area contributed by atoms with Gasteiger partial charge in [0.2, 0.25) is 0 Å². The number of thiazole rings is 1. The summed E-state index contributed by atoms with van der Waals surface area (Å²) in [6.07, 6.45) is -2.94. The first-order valence-corrected chi connectivity index (χ1v) is 9.34. The molecule has 28 heavy (non-hydrogen) atoms. The summed E-state index contributed by atoms with van der Waals surface area (Å²) >= 11 is 7.25. The van der Waals surface area contributed by atoms with E-state index in [1.807, 2.05) is 0 Å². The van der Waals surface area contributed by atoms with E-state index in [0.29, 0.717) is 32.2 Å². The molecule has 0 saturated carbocycles. The Hall–Kier alpha value is -2.71. The lowest BCUT2D eigenvalue weighted by atomic mass is 10.1. The van der Waals surface area contributed by atoms with Crippen molar-refractivity contribution in [3.8, 4) is 10.6 Å². The van der Waals surface area contributed by atoms with Gasteiger partial charge in [-0.2, -0.15) is 13.2 Å². The fourth-order valence-corrected chi connectivity index (χ4v) is 3.72. The van der Waals surface area contributed by atoms with Crippen LogP contribution in [0.3, 0.4) is 0 Å². The molecule has 0 aliphatic carbocycles. The summed E-state index contributed by atoms with van der Waals surface area (Å²) in [7, 11) is 0. The van der Waals surface area contributed by atoms with E-state index < -0.39 is 11.7 Å². The average molecular weight is 422 g/mol. The van der Waals surface area contributed by atoms with E-state index in [9.17, 15) is 18.0 Å². The quantitative estimate of drug-likeness (QED) is 0.454. The van der Waals surface area contributed by atoms with E-state index in [1.165, 1.54) is 34.4 Å². The van der Waals surface area contributed by atoms with E-state index in [4.69, 9.17) is 11.6 Å². The zero-order chi connectivity index (χ0) is 19.9. The summed E-state index contributed by atoms with van der Waals surface area (Å²) in [6, 6.07) is 9.73. The van der Waals surface area contributed by atoms with Crippen LogP contribution in [0.25, 0.3) is 21.5 Å². The first-order chi connectivity index (χ1) is 13.3. The summed E-state index contributed by atoms with van der Waals surface area (Å²) in [5, 5.41) is 3.20. The van der Waals surface area contributed by atoms with E-state index in [1.54, 1.807) is 23.6 Å². The molecule has 142 valence electrons.